The van der Waals surface area contributed by atoms with E-state index >= 15 is 0 Å². The molecule has 25 heavy (non-hydrogen) atoms. The fourth-order valence-electron chi connectivity index (χ4n) is 2.81. The highest BCUT2D eigenvalue weighted by Crippen LogP contribution is 2.22. The van der Waals surface area contributed by atoms with Crippen molar-refractivity contribution >= 4 is 10.0 Å². The maximum absolute atomic E-state index is 13.8. The van der Waals surface area contributed by atoms with Crippen LogP contribution in [0.5, 0.6) is 0 Å². The molecule has 0 unspecified atom stereocenters. The first kappa shape index (κ1) is 17.9. The van der Waals surface area contributed by atoms with E-state index < -0.39 is 26.6 Å². The monoisotopic (exact) mass is 370 g/mol. The number of hydrogen-bond donors (Lipinski definition) is 0. The van der Waals surface area contributed by atoms with Gasteiger partial charge in [0.1, 0.15) is 22.3 Å². The maximum Gasteiger partial charge on any atom is 0.246 e. The Morgan fingerprint density at radius 2 is 1.56 bits per heavy atom. The van der Waals surface area contributed by atoms with Crippen LogP contribution >= 0.6 is 0 Å². The number of halogens is 3. The Hall–Kier alpha value is -1.90. The lowest BCUT2D eigenvalue weighted by molar-refractivity contribution is 0.179. The number of benzene rings is 2. The average Bonchev–Trinajstić information content (AvgIpc) is 2.59. The highest BCUT2D eigenvalue weighted by Gasteiger charge is 2.31. The van der Waals surface area contributed by atoms with Crippen LogP contribution in [0.3, 0.4) is 0 Å². The number of piperazine rings is 1. The van der Waals surface area contributed by atoms with Gasteiger partial charge in [-0.15, -0.1) is 0 Å². The summed E-state index contributed by atoms with van der Waals surface area (Å²) < 4.78 is 67.0. The molecule has 1 aliphatic rings. The van der Waals surface area contributed by atoms with Crippen molar-refractivity contribution in [1.82, 2.24) is 9.21 Å². The lowest BCUT2D eigenvalue weighted by Gasteiger charge is -2.34. The molecule has 0 bridgehead atoms. The molecule has 0 amide bonds. The maximum atomic E-state index is 13.8. The molecule has 0 saturated carbocycles. The van der Waals surface area contributed by atoms with Crippen LogP contribution in [0.2, 0.25) is 0 Å². The van der Waals surface area contributed by atoms with E-state index in [0.717, 1.165) is 16.4 Å². The molecule has 0 spiro atoms. The van der Waals surface area contributed by atoms with Crippen LogP contribution < -0.4 is 0 Å². The van der Waals surface area contributed by atoms with Crippen molar-refractivity contribution in [3.63, 3.8) is 0 Å². The van der Waals surface area contributed by atoms with Crippen molar-refractivity contribution in [2.24, 2.45) is 0 Å². The summed E-state index contributed by atoms with van der Waals surface area (Å²) in [4.78, 5) is 1.27. The third kappa shape index (κ3) is 3.86. The molecule has 0 radical (unpaired) electrons. The normalized spacial score (nSPS) is 16.9. The first-order chi connectivity index (χ1) is 11.9. The van der Waals surface area contributed by atoms with E-state index in [9.17, 15) is 21.6 Å². The zero-order chi connectivity index (χ0) is 18.0. The summed E-state index contributed by atoms with van der Waals surface area (Å²) in [6.07, 6.45) is 0. The summed E-state index contributed by atoms with van der Waals surface area (Å²) in [6, 6.07) is 8.78. The van der Waals surface area contributed by atoms with E-state index in [2.05, 4.69) is 0 Å². The fraction of sp³-hybridized carbons (Fsp3) is 0.294. The molecular formula is C17H17F3N2O2S. The third-order valence-corrected chi connectivity index (χ3v) is 6.11. The molecule has 1 saturated heterocycles. The predicted octanol–water partition coefficient (Wildman–Crippen LogP) is 2.61. The van der Waals surface area contributed by atoms with E-state index in [1.54, 1.807) is 18.2 Å². The quantitative estimate of drug-likeness (QED) is 0.831. The third-order valence-electron chi connectivity index (χ3n) is 4.19. The van der Waals surface area contributed by atoms with Crippen molar-refractivity contribution in [1.29, 1.82) is 0 Å². The van der Waals surface area contributed by atoms with Gasteiger partial charge in [0.2, 0.25) is 10.0 Å². The second-order valence-electron chi connectivity index (χ2n) is 5.85. The first-order valence-corrected chi connectivity index (χ1v) is 9.23. The van der Waals surface area contributed by atoms with Gasteiger partial charge in [0.25, 0.3) is 0 Å². The molecule has 134 valence electrons. The van der Waals surface area contributed by atoms with Crippen LogP contribution in [-0.4, -0.2) is 43.8 Å². The molecule has 2 aromatic rings. The van der Waals surface area contributed by atoms with Gasteiger partial charge in [0, 0.05) is 38.3 Å². The minimum Gasteiger partial charge on any atom is -0.296 e. The Kier molecular flexibility index (Phi) is 5.12. The molecule has 4 nitrogen and oxygen atoms in total. The number of rotatable bonds is 4. The Bertz CT molecular complexity index is 866. The second-order valence-corrected chi connectivity index (χ2v) is 7.75. The van der Waals surface area contributed by atoms with E-state index in [4.69, 9.17) is 0 Å². The number of sulfonamides is 1. The summed E-state index contributed by atoms with van der Waals surface area (Å²) in [7, 11) is -4.10. The van der Waals surface area contributed by atoms with Gasteiger partial charge in [-0.05, 0) is 24.3 Å². The molecule has 0 N–H and O–H groups in total. The van der Waals surface area contributed by atoms with Crippen molar-refractivity contribution in [2.45, 2.75) is 11.4 Å². The van der Waals surface area contributed by atoms with Crippen LogP contribution in [0.25, 0.3) is 0 Å². The molecule has 2 aromatic carbocycles. The standard InChI is InChI=1S/C17H17F3N2O2S/c18-14-5-6-16(20)17(11-14)25(23,24)22-9-7-21(8-10-22)12-13-3-1-2-4-15(13)19/h1-6,11H,7-10,12H2. The molecule has 0 aromatic heterocycles. The molecule has 1 heterocycles. The van der Waals surface area contributed by atoms with Crippen molar-refractivity contribution in [3.05, 3.63) is 65.5 Å². The Labute approximate surface area is 144 Å². The highest BCUT2D eigenvalue weighted by molar-refractivity contribution is 7.89. The Balaban J connectivity index is 1.69. The van der Waals surface area contributed by atoms with Crippen LogP contribution in [0.4, 0.5) is 13.2 Å². The van der Waals surface area contributed by atoms with E-state index in [1.165, 1.54) is 6.07 Å². The zero-order valence-electron chi connectivity index (χ0n) is 13.3. The van der Waals surface area contributed by atoms with Gasteiger partial charge in [-0.25, -0.2) is 21.6 Å². The van der Waals surface area contributed by atoms with Gasteiger partial charge >= 0.3 is 0 Å². The molecule has 8 heteroatoms. The van der Waals surface area contributed by atoms with Gasteiger partial charge in [-0.2, -0.15) is 4.31 Å². The first-order valence-electron chi connectivity index (χ1n) is 7.79. The predicted molar refractivity (Wildman–Crippen MR) is 86.8 cm³/mol. The number of nitrogens with zero attached hydrogens (tertiary/aromatic N) is 2. The summed E-state index contributed by atoms with van der Waals surface area (Å²) >= 11 is 0. The van der Waals surface area contributed by atoms with Crippen molar-refractivity contribution < 1.29 is 21.6 Å². The second kappa shape index (κ2) is 7.15. The van der Waals surface area contributed by atoms with Gasteiger partial charge in [-0.1, -0.05) is 18.2 Å². The molecule has 1 aliphatic heterocycles. The van der Waals surface area contributed by atoms with Crippen molar-refractivity contribution in [2.75, 3.05) is 26.2 Å². The lowest BCUT2D eigenvalue weighted by Crippen LogP contribution is -2.48. The van der Waals surface area contributed by atoms with E-state index in [1.807, 2.05) is 4.90 Å². The molecule has 3 rings (SSSR count). The lowest BCUT2D eigenvalue weighted by atomic mass is 10.2. The molecule has 1 fully saturated rings. The van der Waals surface area contributed by atoms with Crippen molar-refractivity contribution in [3.8, 4) is 0 Å². The summed E-state index contributed by atoms with van der Waals surface area (Å²) in [5.41, 5.74) is 0.537. The van der Waals surface area contributed by atoms with Gasteiger partial charge in [-0.3, -0.25) is 4.90 Å². The zero-order valence-corrected chi connectivity index (χ0v) is 14.1. The summed E-state index contributed by atoms with van der Waals surface area (Å²) in [5, 5.41) is 0. The average molecular weight is 370 g/mol. The summed E-state index contributed by atoms with van der Waals surface area (Å²) in [5.74, 6) is -2.09. The topological polar surface area (TPSA) is 40.6 Å². The van der Waals surface area contributed by atoms with Crippen LogP contribution in [0, 0.1) is 17.5 Å². The van der Waals surface area contributed by atoms with Gasteiger partial charge < -0.3 is 0 Å². The van der Waals surface area contributed by atoms with Gasteiger partial charge in [0.15, 0.2) is 0 Å². The minimum atomic E-state index is -4.10. The molecule has 0 atom stereocenters. The Morgan fingerprint density at radius 1 is 0.880 bits per heavy atom. The number of hydrogen-bond acceptors (Lipinski definition) is 3. The van der Waals surface area contributed by atoms with Crippen LogP contribution in [0.15, 0.2) is 47.4 Å². The van der Waals surface area contributed by atoms with E-state index in [-0.39, 0.29) is 18.9 Å². The SMILES string of the molecule is O=S(=O)(c1cc(F)ccc1F)N1CCN(Cc2ccccc2F)CC1. The highest BCUT2D eigenvalue weighted by atomic mass is 32.2. The van der Waals surface area contributed by atoms with Crippen LogP contribution in [-0.2, 0) is 16.6 Å². The molecular weight excluding hydrogens is 353 g/mol. The summed E-state index contributed by atoms with van der Waals surface area (Å²) in [6.45, 7) is 1.39. The Morgan fingerprint density at radius 3 is 2.24 bits per heavy atom. The smallest absolute Gasteiger partial charge is 0.246 e. The fourth-order valence-corrected chi connectivity index (χ4v) is 4.31. The van der Waals surface area contributed by atoms with Gasteiger partial charge in [0.05, 0.1) is 0 Å². The largest absolute Gasteiger partial charge is 0.296 e. The van der Waals surface area contributed by atoms with E-state index in [0.29, 0.717) is 31.3 Å². The van der Waals surface area contributed by atoms with Crippen LogP contribution in [0.1, 0.15) is 5.56 Å². The molecule has 0 aliphatic carbocycles. The minimum absolute atomic E-state index is 0.132.